The van der Waals surface area contributed by atoms with Crippen LogP contribution in [0.1, 0.15) is 46.5 Å². The van der Waals surface area contributed by atoms with E-state index in [-0.39, 0.29) is 12.5 Å². The Morgan fingerprint density at radius 3 is 2.25 bits per heavy atom. The van der Waals surface area contributed by atoms with Gasteiger partial charge in [0.25, 0.3) is 0 Å². The quantitative estimate of drug-likeness (QED) is 0.150. The number of hydrogen-bond donors (Lipinski definition) is 4. The molecule has 0 saturated heterocycles. The van der Waals surface area contributed by atoms with E-state index in [9.17, 15) is 9.59 Å². The van der Waals surface area contributed by atoms with Gasteiger partial charge < -0.3 is 21.5 Å². The zero-order valence-electron chi connectivity index (χ0n) is 14.9. The first kappa shape index (κ1) is 21.7. The molecule has 0 aliphatic carbocycles. The number of guanidine groups is 1. The van der Waals surface area contributed by atoms with E-state index >= 15 is 0 Å². The molecule has 0 spiro atoms. The van der Waals surface area contributed by atoms with E-state index in [2.05, 4.69) is 15.6 Å². The molecule has 0 heterocycles. The maximum absolute atomic E-state index is 11.2. The molecule has 0 aromatic heterocycles. The van der Waals surface area contributed by atoms with E-state index in [0.717, 1.165) is 12.8 Å². The molecular formula is C17H30N4O3. The molecular weight excluding hydrogens is 308 g/mol. The summed E-state index contributed by atoms with van der Waals surface area (Å²) in [5, 5.41) is 14.8. The number of unbranched alkanes of at least 4 members (excludes halogenated alkanes) is 1. The molecule has 0 rings (SSSR count). The van der Waals surface area contributed by atoms with E-state index < -0.39 is 5.97 Å². The van der Waals surface area contributed by atoms with Crippen LogP contribution in [0.15, 0.2) is 28.3 Å². The highest BCUT2D eigenvalue weighted by Crippen LogP contribution is 2.07. The van der Waals surface area contributed by atoms with Crippen LogP contribution >= 0.6 is 0 Å². The van der Waals surface area contributed by atoms with Gasteiger partial charge in [0.15, 0.2) is 5.96 Å². The molecule has 0 unspecified atom stereocenters. The van der Waals surface area contributed by atoms with Crippen LogP contribution in [0, 0.1) is 0 Å². The first-order valence-corrected chi connectivity index (χ1v) is 8.16. The maximum atomic E-state index is 11.2. The van der Waals surface area contributed by atoms with Gasteiger partial charge in [0.05, 0.1) is 6.54 Å². The van der Waals surface area contributed by atoms with Crippen LogP contribution in [0.4, 0.5) is 0 Å². The largest absolute Gasteiger partial charge is 0.478 e. The molecule has 136 valence electrons. The SMILES string of the molecule is CC(=O)NCCCCNC(N)=NC/C=C(/CCC=C(C)C)C(=O)O. The lowest BCUT2D eigenvalue weighted by atomic mass is 10.1. The highest BCUT2D eigenvalue weighted by molar-refractivity contribution is 5.86. The minimum Gasteiger partial charge on any atom is -0.478 e. The van der Waals surface area contributed by atoms with Gasteiger partial charge in [-0.3, -0.25) is 4.79 Å². The Hall–Kier alpha value is -2.31. The monoisotopic (exact) mass is 338 g/mol. The van der Waals surface area contributed by atoms with E-state index in [4.69, 9.17) is 10.8 Å². The summed E-state index contributed by atoms with van der Waals surface area (Å²) in [5.74, 6) is -0.661. The summed E-state index contributed by atoms with van der Waals surface area (Å²) in [6, 6.07) is 0. The second kappa shape index (κ2) is 13.2. The van der Waals surface area contributed by atoms with Crippen molar-refractivity contribution in [3.8, 4) is 0 Å². The Kier molecular flexibility index (Phi) is 11.9. The van der Waals surface area contributed by atoms with Gasteiger partial charge in [0, 0.05) is 25.6 Å². The second-order valence-electron chi connectivity index (χ2n) is 5.70. The van der Waals surface area contributed by atoms with E-state index in [1.807, 2.05) is 19.9 Å². The van der Waals surface area contributed by atoms with Gasteiger partial charge in [0.2, 0.25) is 5.91 Å². The number of nitrogens with two attached hydrogens (primary N) is 1. The number of aliphatic imine (C=N–C) groups is 1. The number of amides is 1. The Labute approximate surface area is 144 Å². The highest BCUT2D eigenvalue weighted by atomic mass is 16.4. The molecule has 0 atom stereocenters. The van der Waals surface area contributed by atoms with Crippen LogP contribution in [0.2, 0.25) is 0 Å². The number of hydrogen-bond acceptors (Lipinski definition) is 3. The van der Waals surface area contributed by atoms with Gasteiger partial charge in [-0.25, -0.2) is 9.79 Å². The van der Waals surface area contributed by atoms with Gasteiger partial charge in [-0.15, -0.1) is 0 Å². The predicted octanol–water partition coefficient (Wildman–Crippen LogP) is 1.56. The first-order valence-electron chi connectivity index (χ1n) is 8.16. The van der Waals surface area contributed by atoms with Gasteiger partial charge in [-0.05, 0) is 39.5 Å². The summed E-state index contributed by atoms with van der Waals surface area (Å²) in [6.45, 7) is 6.99. The molecule has 0 aliphatic rings. The summed E-state index contributed by atoms with van der Waals surface area (Å²) in [4.78, 5) is 25.9. The van der Waals surface area contributed by atoms with Gasteiger partial charge >= 0.3 is 5.97 Å². The van der Waals surface area contributed by atoms with Crippen molar-refractivity contribution in [2.24, 2.45) is 10.7 Å². The normalized spacial score (nSPS) is 11.8. The molecule has 0 bridgehead atoms. The van der Waals surface area contributed by atoms with Crippen molar-refractivity contribution in [3.05, 3.63) is 23.3 Å². The molecule has 0 saturated carbocycles. The number of nitrogens with one attached hydrogen (secondary N) is 2. The highest BCUT2D eigenvalue weighted by Gasteiger charge is 2.05. The van der Waals surface area contributed by atoms with Crippen LogP contribution in [0.3, 0.4) is 0 Å². The van der Waals surface area contributed by atoms with Crippen molar-refractivity contribution in [2.45, 2.75) is 46.5 Å². The molecule has 0 aromatic rings. The third kappa shape index (κ3) is 13.4. The fourth-order valence-corrected chi connectivity index (χ4v) is 1.85. The Balaban J connectivity index is 4.11. The summed E-state index contributed by atoms with van der Waals surface area (Å²) in [7, 11) is 0. The number of carbonyl (C=O) groups excluding carboxylic acids is 1. The summed E-state index contributed by atoms with van der Waals surface area (Å²) in [5.41, 5.74) is 7.24. The number of nitrogens with zero attached hydrogens (tertiary/aromatic N) is 1. The van der Waals surface area contributed by atoms with Crippen LogP contribution < -0.4 is 16.4 Å². The zero-order valence-corrected chi connectivity index (χ0v) is 14.9. The molecule has 0 fully saturated rings. The summed E-state index contributed by atoms with van der Waals surface area (Å²) >= 11 is 0. The van der Waals surface area contributed by atoms with Crippen molar-refractivity contribution in [1.82, 2.24) is 10.6 Å². The lowest BCUT2D eigenvalue weighted by Gasteiger charge is -2.05. The van der Waals surface area contributed by atoms with E-state index in [1.54, 1.807) is 6.08 Å². The average molecular weight is 338 g/mol. The van der Waals surface area contributed by atoms with Gasteiger partial charge in [-0.2, -0.15) is 0 Å². The molecule has 1 amide bonds. The van der Waals surface area contributed by atoms with Crippen LogP contribution in [-0.4, -0.2) is 42.6 Å². The predicted molar refractivity (Wildman–Crippen MR) is 96.8 cm³/mol. The van der Waals surface area contributed by atoms with Crippen molar-refractivity contribution in [1.29, 1.82) is 0 Å². The molecule has 7 nitrogen and oxygen atoms in total. The van der Waals surface area contributed by atoms with E-state index in [1.165, 1.54) is 12.5 Å². The number of carboxylic acid groups (broad SMARTS) is 1. The Morgan fingerprint density at radius 2 is 1.71 bits per heavy atom. The number of rotatable bonds is 11. The van der Waals surface area contributed by atoms with Crippen molar-refractivity contribution in [3.63, 3.8) is 0 Å². The van der Waals surface area contributed by atoms with Crippen molar-refractivity contribution >= 4 is 17.8 Å². The number of aliphatic carboxylic acids is 1. The van der Waals surface area contributed by atoms with Crippen molar-refractivity contribution < 1.29 is 14.7 Å². The summed E-state index contributed by atoms with van der Waals surface area (Å²) < 4.78 is 0. The lowest BCUT2D eigenvalue weighted by molar-refractivity contribution is -0.132. The Morgan fingerprint density at radius 1 is 1.08 bits per heavy atom. The molecule has 5 N–H and O–H groups in total. The smallest absolute Gasteiger partial charge is 0.331 e. The van der Waals surface area contributed by atoms with Crippen LogP contribution in [0.25, 0.3) is 0 Å². The molecule has 24 heavy (non-hydrogen) atoms. The van der Waals surface area contributed by atoms with Gasteiger partial charge in [0.1, 0.15) is 0 Å². The van der Waals surface area contributed by atoms with E-state index in [0.29, 0.717) is 37.5 Å². The minimum absolute atomic E-state index is 0.0327. The van der Waals surface area contributed by atoms with Crippen LogP contribution in [0.5, 0.6) is 0 Å². The number of allylic oxidation sites excluding steroid dienone is 2. The van der Waals surface area contributed by atoms with Crippen LogP contribution in [-0.2, 0) is 9.59 Å². The van der Waals surface area contributed by atoms with Gasteiger partial charge in [-0.1, -0.05) is 17.7 Å². The standard InChI is InChI=1S/C17H30N4O3/c1-13(2)7-6-8-15(16(23)24)9-12-21-17(18)20-11-5-4-10-19-14(3)22/h7,9H,4-6,8,10-12H2,1-3H3,(H,19,22)(H,23,24)(H3,18,20,21)/b15-9-. The number of carbonyl (C=O) groups is 2. The topological polar surface area (TPSA) is 117 Å². The fraction of sp³-hybridized carbons (Fsp3) is 0.588. The Bertz CT molecular complexity index is 492. The fourth-order valence-electron chi connectivity index (χ4n) is 1.85. The maximum Gasteiger partial charge on any atom is 0.331 e. The molecule has 0 aliphatic heterocycles. The molecule has 7 heteroatoms. The van der Waals surface area contributed by atoms with Crippen molar-refractivity contribution in [2.75, 3.05) is 19.6 Å². The third-order valence-corrected chi connectivity index (χ3v) is 3.12. The average Bonchev–Trinajstić information content (AvgIpc) is 2.48. The minimum atomic E-state index is -0.920. The first-order chi connectivity index (χ1) is 11.3. The zero-order chi connectivity index (χ0) is 18.4. The third-order valence-electron chi connectivity index (χ3n) is 3.12. The number of carboxylic acids is 1. The lowest BCUT2D eigenvalue weighted by Crippen LogP contribution is -2.33. The summed E-state index contributed by atoms with van der Waals surface area (Å²) in [6.07, 6.45) is 6.49. The second-order valence-corrected chi connectivity index (χ2v) is 5.70. The molecule has 0 radical (unpaired) electrons. The molecule has 0 aromatic carbocycles.